The van der Waals surface area contributed by atoms with Crippen LogP contribution in [-0.2, 0) is 9.84 Å². The average Bonchev–Trinajstić information content (AvgIpc) is 3.26. The minimum absolute atomic E-state index is 0.189. The Labute approximate surface area is 207 Å². The van der Waals surface area contributed by atoms with Crippen LogP contribution in [-0.4, -0.2) is 72.1 Å². The van der Waals surface area contributed by atoms with Gasteiger partial charge in [0.1, 0.15) is 11.5 Å². The van der Waals surface area contributed by atoms with Crippen molar-refractivity contribution in [2.45, 2.75) is 62.4 Å². The molecule has 188 valence electrons. The summed E-state index contributed by atoms with van der Waals surface area (Å²) in [5.41, 5.74) is 2.83. The van der Waals surface area contributed by atoms with Crippen molar-refractivity contribution in [3.8, 4) is 11.3 Å². The zero-order valence-electron chi connectivity index (χ0n) is 20.8. The third-order valence-corrected chi connectivity index (χ3v) is 8.99. The summed E-state index contributed by atoms with van der Waals surface area (Å²) in [4.78, 5) is 10.0. The molecule has 6 nitrogen and oxygen atoms in total. The highest BCUT2D eigenvalue weighted by Crippen LogP contribution is 2.33. The number of pyridine rings is 1. The van der Waals surface area contributed by atoms with Crippen molar-refractivity contribution >= 4 is 15.5 Å². The molecule has 0 radical (unpaired) electrons. The Hall–Kier alpha value is -2.29. The third kappa shape index (κ3) is 5.15. The van der Waals surface area contributed by atoms with E-state index in [4.69, 9.17) is 0 Å². The molecule has 2 aromatic heterocycles. The Morgan fingerprint density at radius 2 is 1.63 bits per heavy atom. The van der Waals surface area contributed by atoms with Gasteiger partial charge in [0, 0.05) is 47.9 Å². The summed E-state index contributed by atoms with van der Waals surface area (Å²) in [6.45, 7) is 8.94. The molecule has 0 unspecified atom stereocenters. The highest BCUT2D eigenvalue weighted by atomic mass is 32.2. The molecule has 4 heterocycles. The fraction of sp³-hybridized carbons (Fsp3) is 0.519. The van der Waals surface area contributed by atoms with Gasteiger partial charge in [-0.3, -0.25) is 0 Å². The third-order valence-electron chi connectivity index (χ3n) is 7.86. The molecule has 2 aliphatic rings. The Balaban J connectivity index is 1.28. The van der Waals surface area contributed by atoms with Crippen LogP contribution in [0.25, 0.3) is 16.9 Å². The van der Waals surface area contributed by atoms with Gasteiger partial charge in [0.05, 0.1) is 10.6 Å². The van der Waals surface area contributed by atoms with E-state index < -0.39 is 9.84 Å². The molecule has 0 bridgehead atoms. The Kier molecular flexibility index (Phi) is 6.72. The maximum atomic E-state index is 15.1. The van der Waals surface area contributed by atoms with Crippen molar-refractivity contribution in [3.63, 3.8) is 0 Å². The van der Waals surface area contributed by atoms with E-state index in [0.717, 1.165) is 37.1 Å². The molecule has 35 heavy (non-hydrogen) atoms. The predicted octanol–water partition coefficient (Wildman–Crippen LogP) is 4.60. The normalized spacial score (nSPS) is 19.7. The van der Waals surface area contributed by atoms with Crippen LogP contribution in [0.4, 0.5) is 4.39 Å². The topological polar surface area (TPSA) is 57.9 Å². The summed E-state index contributed by atoms with van der Waals surface area (Å²) >= 11 is 0. The number of sulfone groups is 1. The van der Waals surface area contributed by atoms with Crippen LogP contribution in [0, 0.1) is 5.82 Å². The summed E-state index contributed by atoms with van der Waals surface area (Å²) in [7, 11) is -3.25. The largest absolute Gasteiger partial charge is 0.306 e. The monoisotopic (exact) mass is 498 g/mol. The number of rotatable bonds is 5. The van der Waals surface area contributed by atoms with Crippen LogP contribution in [0.3, 0.4) is 0 Å². The molecule has 0 N–H and O–H groups in total. The maximum Gasteiger partial charge on any atom is 0.175 e. The Bertz CT molecular complexity index is 1290. The second-order valence-corrected chi connectivity index (χ2v) is 12.5. The minimum atomic E-state index is -3.25. The van der Waals surface area contributed by atoms with Crippen LogP contribution in [0.1, 0.15) is 51.0 Å². The zero-order valence-corrected chi connectivity index (χ0v) is 21.6. The molecule has 0 spiro atoms. The van der Waals surface area contributed by atoms with E-state index in [1.54, 1.807) is 24.3 Å². The van der Waals surface area contributed by atoms with Crippen molar-refractivity contribution in [3.05, 3.63) is 54.1 Å². The second-order valence-electron chi connectivity index (χ2n) is 10.4. The molecular weight excluding hydrogens is 463 g/mol. The molecule has 3 aromatic rings. The van der Waals surface area contributed by atoms with E-state index in [9.17, 15) is 8.42 Å². The van der Waals surface area contributed by atoms with Crippen LogP contribution in [0.2, 0.25) is 0 Å². The number of imidazole rings is 1. The lowest BCUT2D eigenvalue weighted by Crippen LogP contribution is -2.48. The van der Waals surface area contributed by atoms with Gasteiger partial charge in [0.25, 0.3) is 0 Å². The molecule has 0 atom stereocenters. The summed E-state index contributed by atoms with van der Waals surface area (Å²) < 4.78 is 40.5. The van der Waals surface area contributed by atoms with Gasteiger partial charge in [-0.05, 0) is 83.8 Å². The smallest absolute Gasteiger partial charge is 0.175 e. The summed E-state index contributed by atoms with van der Waals surface area (Å²) in [5, 5.41) is 0. The molecule has 2 fully saturated rings. The molecular formula is C27H35FN4O2S. The van der Waals surface area contributed by atoms with E-state index >= 15 is 4.39 Å². The van der Waals surface area contributed by atoms with E-state index in [0.29, 0.717) is 23.4 Å². The van der Waals surface area contributed by atoms with Gasteiger partial charge >= 0.3 is 0 Å². The van der Waals surface area contributed by atoms with Gasteiger partial charge in [-0.2, -0.15) is 0 Å². The lowest BCUT2D eigenvalue weighted by Gasteiger charge is -2.42. The first-order chi connectivity index (χ1) is 16.7. The number of nitrogens with zero attached hydrogens (tertiary/aromatic N) is 4. The number of hydrogen-bond acceptors (Lipinski definition) is 5. The van der Waals surface area contributed by atoms with Crippen LogP contribution >= 0.6 is 0 Å². The fourth-order valence-corrected chi connectivity index (χ4v) is 6.31. The van der Waals surface area contributed by atoms with Crippen molar-refractivity contribution in [2.75, 3.05) is 32.4 Å². The summed E-state index contributed by atoms with van der Waals surface area (Å²) in [6, 6.07) is 9.46. The Morgan fingerprint density at radius 3 is 2.23 bits per heavy atom. The number of fused-ring (bicyclic) bond motifs is 1. The Morgan fingerprint density at radius 1 is 0.971 bits per heavy atom. The van der Waals surface area contributed by atoms with Crippen LogP contribution in [0.5, 0.6) is 0 Å². The highest BCUT2D eigenvalue weighted by molar-refractivity contribution is 7.90. The van der Waals surface area contributed by atoms with Gasteiger partial charge in [0.2, 0.25) is 0 Å². The first-order valence-electron chi connectivity index (χ1n) is 12.7. The number of piperidine rings is 2. The van der Waals surface area contributed by atoms with Crippen LogP contribution in [0.15, 0.2) is 47.6 Å². The lowest BCUT2D eigenvalue weighted by atomic mass is 9.88. The van der Waals surface area contributed by atoms with E-state index in [1.807, 2.05) is 16.8 Å². The predicted molar refractivity (Wildman–Crippen MR) is 137 cm³/mol. The van der Waals surface area contributed by atoms with Gasteiger partial charge < -0.3 is 14.2 Å². The van der Waals surface area contributed by atoms with E-state index in [-0.39, 0.29) is 16.6 Å². The fourth-order valence-electron chi connectivity index (χ4n) is 5.68. The van der Waals surface area contributed by atoms with E-state index in [1.165, 1.54) is 38.3 Å². The maximum absolute atomic E-state index is 15.1. The first-order valence-corrected chi connectivity index (χ1v) is 14.5. The average molecular weight is 499 g/mol. The van der Waals surface area contributed by atoms with E-state index in [2.05, 4.69) is 28.6 Å². The molecule has 8 heteroatoms. The molecule has 0 amide bonds. The zero-order chi connectivity index (χ0) is 24.7. The second kappa shape index (κ2) is 9.64. The minimum Gasteiger partial charge on any atom is -0.306 e. The van der Waals surface area contributed by atoms with Gasteiger partial charge in [-0.15, -0.1) is 0 Å². The summed E-state index contributed by atoms with van der Waals surface area (Å²) in [6.07, 6.45) is 9.39. The standard InChI is InChI=1S/C27H35FN4O2S/c1-19(2)30-14-10-22(11-15-30)31-12-8-20(9-13-31)24-17-32-18-26(29-27(32)16-25(24)28)21-4-6-23(7-5-21)35(3,33)34/h4-7,16-20,22H,8-15H2,1-3H3. The van der Waals surface area contributed by atoms with Gasteiger partial charge in [-0.1, -0.05) is 12.1 Å². The first kappa shape index (κ1) is 24.4. The molecule has 5 rings (SSSR count). The number of aromatic nitrogens is 2. The number of hydrogen-bond donors (Lipinski definition) is 0. The summed E-state index contributed by atoms with van der Waals surface area (Å²) in [5.74, 6) is 0.0251. The quantitative estimate of drug-likeness (QED) is 0.515. The van der Waals surface area contributed by atoms with Crippen molar-refractivity contribution < 1.29 is 12.8 Å². The van der Waals surface area contributed by atoms with Crippen molar-refractivity contribution in [2.24, 2.45) is 0 Å². The van der Waals surface area contributed by atoms with Crippen LogP contribution < -0.4 is 0 Å². The molecule has 0 aliphatic carbocycles. The number of halogens is 1. The highest BCUT2D eigenvalue weighted by Gasteiger charge is 2.30. The van der Waals surface area contributed by atoms with Gasteiger partial charge in [0.15, 0.2) is 9.84 Å². The van der Waals surface area contributed by atoms with Gasteiger partial charge in [-0.25, -0.2) is 17.8 Å². The molecule has 1 aromatic carbocycles. The molecule has 2 saturated heterocycles. The lowest BCUT2D eigenvalue weighted by molar-refractivity contribution is 0.0750. The molecule has 0 saturated carbocycles. The molecule has 2 aliphatic heterocycles. The number of benzene rings is 1. The van der Waals surface area contributed by atoms with Crippen molar-refractivity contribution in [1.29, 1.82) is 0 Å². The SMILES string of the molecule is CC(C)N1CCC(N2CCC(c3cn4cc(-c5ccc(S(C)(=O)=O)cc5)nc4cc3F)CC2)CC1. The number of likely N-dealkylation sites (tertiary alicyclic amines) is 2. The van der Waals surface area contributed by atoms with Crippen molar-refractivity contribution in [1.82, 2.24) is 19.2 Å².